The number of hydrogen-bond acceptors (Lipinski definition) is 1. The van der Waals surface area contributed by atoms with Crippen molar-refractivity contribution in [2.75, 3.05) is 5.73 Å². The molecule has 2 N–H and O–H groups in total. The normalized spacial score (nSPS) is 10.6. The van der Waals surface area contributed by atoms with E-state index in [-0.39, 0.29) is 11.3 Å². The van der Waals surface area contributed by atoms with Gasteiger partial charge in [0.25, 0.3) is 0 Å². The molecule has 0 atom stereocenters. The predicted molar refractivity (Wildman–Crippen MR) is 48.4 cm³/mol. The van der Waals surface area contributed by atoms with E-state index in [0.29, 0.717) is 0 Å². The summed E-state index contributed by atoms with van der Waals surface area (Å²) in [5, 5.41) is 0. The lowest BCUT2D eigenvalue weighted by atomic mass is 10.1. The molecule has 0 fully saturated rings. The quantitative estimate of drug-likeness (QED) is 0.504. The average molecular weight is 199 g/mol. The van der Waals surface area contributed by atoms with Crippen molar-refractivity contribution in [3.63, 3.8) is 0 Å². The minimum atomic E-state index is -4.42. The van der Waals surface area contributed by atoms with Crippen molar-refractivity contribution in [2.24, 2.45) is 0 Å². The van der Waals surface area contributed by atoms with E-state index in [1.165, 1.54) is 12.1 Å². The van der Waals surface area contributed by atoms with Gasteiger partial charge in [0.2, 0.25) is 0 Å². The third kappa shape index (κ3) is 1.99. The number of para-hydroxylation sites is 1. The number of anilines is 1. The van der Waals surface area contributed by atoms with Crippen LogP contribution in [-0.4, -0.2) is 0 Å². The maximum atomic E-state index is 12.3. The molecule has 0 saturated carbocycles. The van der Waals surface area contributed by atoms with E-state index >= 15 is 0 Å². The molecule has 0 spiro atoms. The maximum absolute atomic E-state index is 12.3. The molecule has 0 aliphatic heterocycles. The molecule has 1 rings (SSSR count). The molecule has 0 unspecified atom stereocenters. The molecule has 74 valence electrons. The molecule has 0 bridgehead atoms. The van der Waals surface area contributed by atoms with E-state index in [1.807, 2.05) is 0 Å². The second-order valence-corrected chi connectivity index (χ2v) is 2.64. The lowest BCUT2D eigenvalue weighted by Crippen LogP contribution is -2.09. The van der Waals surface area contributed by atoms with Crippen LogP contribution in [0.5, 0.6) is 0 Å². The highest BCUT2D eigenvalue weighted by Gasteiger charge is 2.33. The molecule has 14 heavy (non-hydrogen) atoms. The lowest BCUT2D eigenvalue weighted by molar-refractivity contribution is -0.136. The largest absolute Gasteiger partial charge is 0.418 e. The fraction of sp³-hybridized carbons (Fsp3) is 0.200. The number of alkyl halides is 3. The summed E-state index contributed by atoms with van der Waals surface area (Å²) >= 11 is 0. The zero-order valence-electron chi connectivity index (χ0n) is 7.44. The van der Waals surface area contributed by atoms with Crippen LogP contribution in [0.2, 0.25) is 0 Å². The summed E-state index contributed by atoms with van der Waals surface area (Å²) in [6.45, 7) is 1.54. The molecule has 0 aliphatic carbocycles. The summed E-state index contributed by atoms with van der Waals surface area (Å²) in [4.78, 5) is 0. The number of hydrogen-bond donors (Lipinski definition) is 1. The van der Waals surface area contributed by atoms with Crippen molar-refractivity contribution in [3.8, 4) is 11.8 Å². The van der Waals surface area contributed by atoms with Gasteiger partial charge in [0.05, 0.1) is 11.3 Å². The Kier molecular flexibility index (Phi) is 2.70. The zero-order chi connectivity index (χ0) is 10.8. The van der Waals surface area contributed by atoms with Crippen LogP contribution in [0.25, 0.3) is 0 Å². The van der Waals surface area contributed by atoms with Gasteiger partial charge in [-0.3, -0.25) is 0 Å². The van der Waals surface area contributed by atoms with E-state index in [1.54, 1.807) is 6.92 Å². The Labute approximate surface area is 79.7 Å². The standard InChI is InChI=1S/C10H8F3N/c1-2-4-7-5-3-6-8(9(7)14)10(11,12)13/h3,5-6H,14H2,1H3. The van der Waals surface area contributed by atoms with Gasteiger partial charge in [-0.15, -0.1) is 5.92 Å². The zero-order valence-corrected chi connectivity index (χ0v) is 7.44. The van der Waals surface area contributed by atoms with Crippen molar-refractivity contribution in [2.45, 2.75) is 13.1 Å². The Bertz CT molecular complexity index is 396. The van der Waals surface area contributed by atoms with Gasteiger partial charge in [-0.05, 0) is 19.1 Å². The van der Waals surface area contributed by atoms with E-state index in [0.717, 1.165) is 6.07 Å². The molecule has 0 aliphatic rings. The Morgan fingerprint density at radius 1 is 1.29 bits per heavy atom. The van der Waals surface area contributed by atoms with E-state index < -0.39 is 11.7 Å². The van der Waals surface area contributed by atoms with Gasteiger partial charge in [0.15, 0.2) is 0 Å². The second kappa shape index (κ2) is 3.62. The first-order valence-corrected chi connectivity index (χ1v) is 3.85. The van der Waals surface area contributed by atoms with Crippen LogP contribution in [0.1, 0.15) is 18.1 Å². The summed E-state index contributed by atoms with van der Waals surface area (Å²) in [7, 11) is 0. The second-order valence-electron chi connectivity index (χ2n) is 2.64. The molecule has 1 aromatic carbocycles. The first kappa shape index (κ1) is 10.5. The molecule has 1 aromatic rings. The third-order valence-electron chi connectivity index (χ3n) is 1.67. The van der Waals surface area contributed by atoms with Gasteiger partial charge < -0.3 is 5.73 Å². The van der Waals surface area contributed by atoms with Crippen molar-refractivity contribution in [3.05, 3.63) is 29.3 Å². The monoisotopic (exact) mass is 199 g/mol. The minimum Gasteiger partial charge on any atom is -0.397 e. The first-order chi connectivity index (χ1) is 6.46. The van der Waals surface area contributed by atoms with E-state index in [4.69, 9.17) is 5.73 Å². The van der Waals surface area contributed by atoms with Crippen LogP contribution in [-0.2, 0) is 6.18 Å². The smallest absolute Gasteiger partial charge is 0.397 e. The third-order valence-corrected chi connectivity index (χ3v) is 1.67. The van der Waals surface area contributed by atoms with Crippen LogP contribution in [0, 0.1) is 11.8 Å². The van der Waals surface area contributed by atoms with Crippen molar-refractivity contribution < 1.29 is 13.2 Å². The number of nitrogens with two attached hydrogens (primary N) is 1. The Hall–Kier alpha value is -1.63. The van der Waals surface area contributed by atoms with Gasteiger partial charge in [0, 0.05) is 5.56 Å². The molecule has 1 nitrogen and oxygen atoms in total. The molecule has 4 heteroatoms. The highest BCUT2D eigenvalue weighted by molar-refractivity contribution is 5.61. The maximum Gasteiger partial charge on any atom is 0.418 e. The van der Waals surface area contributed by atoms with Crippen LogP contribution in [0.15, 0.2) is 18.2 Å². The summed E-state index contributed by atoms with van der Waals surface area (Å²) in [6, 6.07) is 3.69. The predicted octanol–water partition coefficient (Wildman–Crippen LogP) is 2.66. The Morgan fingerprint density at radius 2 is 1.93 bits per heavy atom. The average Bonchev–Trinajstić information content (AvgIpc) is 2.07. The number of benzene rings is 1. The molecule has 0 heterocycles. The topological polar surface area (TPSA) is 26.0 Å². The van der Waals surface area contributed by atoms with Gasteiger partial charge in [-0.25, -0.2) is 0 Å². The highest BCUT2D eigenvalue weighted by Crippen LogP contribution is 2.34. The Morgan fingerprint density at radius 3 is 2.43 bits per heavy atom. The molecular weight excluding hydrogens is 191 g/mol. The fourth-order valence-corrected chi connectivity index (χ4v) is 1.06. The van der Waals surface area contributed by atoms with Gasteiger partial charge >= 0.3 is 6.18 Å². The summed E-state index contributed by atoms with van der Waals surface area (Å²) < 4.78 is 37.0. The van der Waals surface area contributed by atoms with Crippen LogP contribution in [0.3, 0.4) is 0 Å². The summed E-state index contributed by atoms with van der Waals surface area (Å²) in [5.74, 6) is 5.02. The first-order valence-electron chi connectivity index (χ1n) is 3.85. The number of rotatable bonds is 0. The molecule has 0 saturated heterocycles. The molecular formula is C10H8F3N. The Balaban J connectivity index is 3.33. The van der Waals surface area contributed by atoms with Crippen molar-refractivity contribution >= 4 is 5.69 Å². The number of nitrogen functional groups attached to an aromatic ring is 1. The van der Waals surface area contributed by atoms with Gasteiger partial charge in [-0.2, -0.15) is 13.2 Å². The van der Waals surface area contributed by atoms with Crippen LogP contribution in [0.4, 0.5) is 18.9 Å². The molecule has 0 radical (unpaired) electrons. The SMILES string of the molecule is CC#Cc1cccc(C(F)(F)F)c1N. The van der Waals surface area contributed by atoms with Crippen LogP contribution >= 0.6 is 0 Å². The summed E-state index contributed by atoms with van der Waals surface area (Å²) in [5.41, 5.74) is 4.40. The highest BCUT2D eigenvalue weighted by atomic mass is 19.4. The van der Waals surface area contributed by atoms with Gasteiger partial charge in [0.1, 0.15) is 0 Å². The molecule has 0 amide bonds. The number of halogens is 3. The minimum absolute atomic E-state index is 0.210. The van der Waals surface area contributed by atoms with E-state index in [9.17, 15) is 13.2 Å². The van der Waals surface area contributed by atoms with E-state index in [2.05, 4.69) is 11.8 Å². The van der Waals surface area contributed by atoms with Crippen molar-refractivity contribution in [1.82, 2.24) is 0 Å². The van der Waals surface area contributed by atoms with Crippen LogP contribution < -0.4 is 5.73 Å². The lowest BCUT2D eigenvalue weighted by Gasteiger charge is -2.10. The molecule has 0 aromatic heterocycles. The summed E-state index contributed by atoms with van der Waals surface area (Å²) in [6.07, 6.45) is -4.42. The van der Waals surface area contributed by atoms with Crippen molar-refractivity contribution in [1.29, 1.82) is 0 Å². The fourth-order valence-electron chi connectivity index (χ4n) is 1.06. The van der Waals surface area contributed by atoms with Gasteiger partial charge in [-0.1, -0.05) is 12.0 Å².